The standard InChI is InChI=1S/C20H14O3/c1-2-17-22-15-9-5-8-14-19(15)20(23-17)18-13-7-4-3-6-12(13)10-11-16(18)21-14/h2-11,17,20H,1H2. The van der Waals surface area contributed by atoms with Gasteiger partial charge in [-0.1, -0.05) is 43.0 Å². The molecule has 3 aromatic rings. The van der Waals surface area contributed by atoms with E-state index in [9.17, 15) is 0 Å². The average molecular weight is 302 g/mol. The smallest absolute Gasteiger partial charge is 0.220 e. The Morgan fingerprint density at radius 2 is 1.65 bits per heavy atom. The summed E-state index contributed by atoms with van der Waals surface area (Å²) in [5.74, 6) is 2.42. The van der Waals surface area contributed by atoms with Crippen LogP contribution < -0.4 is 9.47 Å². The molecule has 3 nitrogen and oxygen atoms in total. The highest BCUT2D eigenvalue weighted by Crippen LogP contribution is 2.53. The summed E-state index contributed by atoms with van der Waals surface area (Å²) in [7, 11) is 0. The predicted octanol–water partition coefficient (Wildman–Crippen LogP) is 4.96. The van der Waals surface area contributed by atoms with E-state index in [2.05, 4.69) is 24.8 Å². The van der Waals surface area contributed by atoms with Crippen molar-refractivity contribution in [3.63, 3.8) is 0 Å². The Morgan fingerprint density at radius 3 is 2.57 bits per heavy atom. The van der Waals surface area contributed by atoms with Gasteiger partial charge in [0.25, 0.3) is 0 Å². The third kappa shape index (κ3) is 1.74. The normalized spacial score (nSPS) is 20.9. The van der Waals surface area contributed by atoms with E-state index < -0.39 is 6.29 Å². The van der Waals surface area contributed by atoms with E-state index >= 15 is 0 Å². The molecule has 0 bridgehead atoms. The van der Waals surface area contributed by atoms with Gasteiger partial charge in [0.15, 0.2) is 0 Å². The van der Waals surface area contributed by atoms with Crippen molar-refractivity contribution in [3.8, 4) is 17.2 Å². The van der Waals surface area contributed by atoms with E-state index in [0.29, 0.717) is 0 Å². The van der Waals surface area contributed by atoms with Gasteiger partial charge in [-0.05, 0) is 35.0 Å². The number of ether oxygens (including phenoxy) is 3. The van der Waals surface area contributed by atoms with E-state index in [1.165, 1.54) is 5.39 Å². The van der Waals surface area contributed by atoms with Gasteiger partial charge in [0.05, 0.1) is 5.56 Å². The van der Waals surface area contributed by atoms with E-state index in [1.54, 1.807) is 6.08 Å². The lowest BCUT2D eigenvalue weighted by atomic mass is 9.91. The van der Waals surface area contributed by atoms with E-state index in [0.717, 1.165) is 33.8 Å². The molecule has 3 aromatic carbocycles. The number of rotatable bonds is 1. The Kier molecular flexibility index (Phi) is 2.55. The molecule has 0 spiro atoms. The number of fused-ring (bicyclic) bond motifs is 4. The van der Waals surface area contributed by atoms with Crippen LogP contribution in [0.5, 0.6) is 17.2 Å². The first-order valence-electron chi connectivity index (χ1n) is 7.62. The zero-order valence-electron chi connectivity index (χ0n) is 12.4. The van der Waals surface area contributed by atoms with Crippen LogP contribution in [0.3, 0.4) is 0 Å². The number of benzene rings is 3. The minimum Gasteiger partial charge on any atom is -0.461 e. The third-order valence-corrected chi connectivity index (χ3v) is 4.41. The quantitative estimate of drug-likeness (QED) is 0.595. The minimum atomic E-state index is -0.465. The molecule has 0 amide bonds. The lowest BCUT2D eigenvalue weighted by Crippen LogP contribution is -2.29. The molecule has 0 N–H and O–H groups in total. The molecule has 5 rings (SSSR count). The number of hydrogen-bond acceptors (Lipinski definition) is 3. The summed E-state index contributed by atoms with van der Waals surface area (Å²) >= 11 is 0. The molecule has 0 aliphatic carbocycles. The fraction of sp³-hybridized carbons (Fsp3) is 0.100. The van der Waals surface area contributed by atoms with Crippen LogP contribution in [-0.2, 0) is 4.74 Å². The molecule has 112 valence electrons. The second-order valence-corrected chi connectivity index (χ2v) is 5.71. The Hall–Kier alpha value is -2.78. The predicted molar refractivity (Wildman–Crippen MR) is 88.0 cm³/mol. The molecule has 2 aliphatic rings. The van der Waals surface area contributed by atoms with Gasteiger partial charge in [0.1, 0.15) is 23.4 Å². The molecule has 0 saturated heterocycles. The van der Waals surface area contributed by atoms with Crippen molar-refractivity contribution < 1.29 is 14.2 Å². The average Bonchev–Trinajstić information content (AvgIpc) is 2.61. The highest BCUT2D eigenvalue weighted by Gasteiger charge is 2.37. The third-order valence-electron chi connectivity index (χ3n) is 4.41. The van der Waals surface area contributed by atoms with E-state index in [4.69, 9.17) is 14.2 Å². The Balaban J connectivity index is 1.83. The summed E-state index contributed by atoms with van der Waals surface area (Å²) in [4.78, 5) is 0. The molecule has 0 fully saturated rings. The van der Waals surface area contributed by atoms with Crippen LogP contribution in [0, 0.1) is 0 Å². The van der Waals surface area contributed by atoms with E-state index in [1.807, 2.05) is 36.4 Å². The van der Waals surface area contributed by atoms with Crippen LogP contribution in [0.25, 0.3) is 10.8 Å². The highest BCUT2D eigenvalue weighted by atomic mass is 16.7. The zero-order chi connectivity index (χ0) is 15.4. The first-order chi connectivity index (χ1) is 11.3. The maximum atomic E-state index is 6.16. The molecule has 3 heteroatoms. The van der Waals surface area contributed by atoms with Crippen molar-refractivity contribution in [2.75, 3.05) is 0 Å². The summed E-state index contributed by atoms with van der Waals surface area (Å²) in [5, 5.41) is 2.31. The summed E-state index contributed by atoms with van der Waals surface area (Å²) in [6.45, 7) is 3.80. The van der Waals surface area contributed by atoms with Crippen molar-refractivity contribution >= 4 is 10.8 Å². The van der Waals surface area contributed by atoms with Gasteiger partial charge in [-0.2, -0.15) is 0 Å². The van der Waals surface area contributed by atoms with Gasteiger partial charge in [0, 0.05) is 5.56 Å². The van der Waals surface area contributed by atoms with Gasteiger partial charge >= 0.3 is 0 Å². The molecule has 0 saturated carbocycles. The SMILES string of the molecule is C=CC1Oc2cccc3c2C(O1)c1c(ccc2ccccc12)O3. The molecule has 0 aromatic heterocycles. The lowest BCUT2D eigenvalue weighted by molar-refractivity contribution is -0.0988. The monoisotopic (exact) mass is 302 g/mol. The second kappa shape index (κ2) is 4.61. The summed E-state index contributed by atoms with van der Waals surface area (Å²) in [6, 6.07) is 18.2. The van der Waals surface area contributed by atoms with Gasteiger partial charge < -0.3 is 14.2 Å². The first kappa shape index (κ1) is 12.7. The van der Waals surface area contributed by atoms with Crippen molar-refractivity contribution in [3.05, 3.63) is 78.4 Å². The molecule has 2 heterocycles. The van der Waals surface area contributed by atoms with Crippen LogP contribution in [0.15, 0.2) is 67.3 Å². The van der Waals surface area contributed by atoms with Crippen molar-refractivity contribution in [1.29, 1.82) is 0 Å². The van der Waals surface area contributed by atoms with Crippen molar-refractivity contribution in [1.82, 2.24) is 0 Å². The summed E-state index contributed by atoms with van der Waals surface area (Å²) < 4.78 is 18.1. The summed E-state index contributed by atoms with van der Waals surface area (Å²) in [5.41, 5.74) is 2.01. The molecule has 2 unspecified atom stereocenters. The Morgan fingerprint density at radius 1 is 0.826 bits per heavy atom. The van der Waals surface area contributed by atoms with Crippen molar-refractivity contribution in [2.24, 2.45) is 0 Å². The van der Waals surface area contributed by atoms with Crippen molar-refractivity contribution in [2.45, 2.75) is 12.4 Å². The molecular weight excluding hydrogens is 288 g/mol. The van der Waals surface area contributed by atoms with Crippen LogP contribution >= 0.6 is 0 Å². The topological polar surface area (TPSA) is 27.7 Å². The van der Waals surface area contributed by atoms with Crippen LogP contribution in [0.1, 0.15) is 17.2 Å². The summed E-state index contributed by atoms with van der Waals surface area (Å²) in [6.07, 6.45) is 0.996. The first-order valence-corrected chi connectivity index (χ1v) is 7.62. The van der Waals surface area contributed by atoms with Crippen LogP contribution in [0.2, 0.25) is 0 Å². The van der Waals surface area contributed by atoms with E-state index in [-0.39, 0.29) is 6.10 Å². The van der Waals surface area contributed by atoms with Gasteiger partial charge in [0.2, 0.25) is 6.29 Å². The molecular formula is C20H14O3. The van der Waals surface area contributed by atoms with Gasteiger partial charge in [-0.25, -0.2) is 0 Å². The fourth-order valence-corrected chi connectivity index (χ4v) is 3.40. The Labute approximate surface area is 133 Å². The molecule has 2 atom stereocenters. The van der Waals surface area contributed by atoms with Crippen LogP contribution in [0.4, 0.5) is 0 Å². The zero-order valence-corrected chi connectivity index (χ0v) is 12.4. The molecule has 23 heavy (non-hydrogen) atoms. The maximum Gasteiger partial charge on any atom is 0.220 e. The number of hydrogen-bond donors (Lipinski definition) is 0. The van der Waals surface area contributed by atoms with Gasteiger partial charge in [-0.3, -0.25) is 0 Å². The van der Waals surface area contributed by atoms with Crippen LogP contribution in [-0.4, -0.2) is 6.29 Å². The molecule has 2 aliphatic heterocycles. The Bertz CT molecular complexity index is 945. The maximum absolute atomic E-state index is 6.16. The minimum absolute atomic E-state index is 0.215. The molecule has 0 radical (unpaired) electrons. The van der Waals surface area contributed by atoms with Gasteiger partial charge in [-0.15, -0.1) is 0 Å². The largest absolute Gasteiger partial charge is 0.461 e. The highest BCUT2D eigenvalue weighted by molar-refractivity contribution is 5.89. The lowest BCUT2D eigenvalue weighted by Gasteiger charge is -2.36. The second-order valence-electron chi connectivity index (χ2n) is 5.71. The fourth-order valence-electron chi connectivity index (χ4n) is 3.40.